The van der Waals surface area contributed by atoms with Gasteiger partial charge in [0, 0.05) is 59.5 Å². The summed E-state index contributed by atoms with van der Waals surface area (Å²) in [6.07, 6.45) is 8.78. The van der Waals surface area contributed by atoms with E-state index in [1.54, 1.807) is 19.4 Å². The zero-order valence-corrected chi connectivity index (χ0v) is 17.3. The molecule has 0 aliphatic carbocycles. The molecule has 31 heavy (non-hydrogen) atoms. The third-order valence-corrected chi connectivity index (χ3v) is 4.84. The third kappa shape index (κ3) is 4.62. The number of fused-ring (bicyclic) bond motifs is 1. The van der Waals surface area contributed by atoms with E-state index in [1.165, 1.54) is 6.08 Å². The Bertz CT molecular complexity index is 1250. The summed E-state index contributed by atoms with van der Waals surface area (Å²) in [6.45, 7) is 0.640. The molecule has 0 saturated carbocycles. The number of amides is 1. The number of pyridine rings is 2. The van der Waals surface area contributed by atoms with Gasteiger partial charge in [0.1, 0.15) is 5.65 Å². The molecule has 0 atom stereocenters. The Balaban J connectivity index is 1.65. The van der Waals surface area contributed by atoms with Crippen LogP contribution in [-0.2, 0) is 4.79 Å². The molecule has 1 amide bonds. The summed E-state index contributed by atoms with van der Waals surface area (Å²) in [7, 11) is 3.43. The smallest absolute Gasteiger partial charge is 0.248 e. The SMILES string of the molecule is CNCC=CC(=O)Nc1cccc(-c2cnc3[nH]cc(-c4ccnc(OC)c4)c3c2)c1. The highest BCUT2D eigenvalue weighted by molar-refractivity contribution is 6.00. The first-order valence-corrected chi connectivity index (χ1v) is 9.88. The van der Waals surface area contributed by atoms with Crippen LogP contribution in [0.25, 0.3) is 33.3 Å². The van der Waals surface area contributed by atoms with Gasteiger partial charge in [-0.3, -0.25) is 4.79 Å². The molecule has 0 spiro atoms. The number of anilines is 1. The lowest BCUT2D eigenvalue weighted by Crippen LogP contribution is -2.10. The number of hydrogen-bond acceptors (Lipinski definition) is 5. The maximum Gasteiger partial charge on any atom is 0.248 e. The van der Waals surface area contributed by atoms with E-state index in [2.05, 4.69) is 31.7 Å². The Labute approximate surface area is 180 Å². The van der Waals surface area contributed by atoms with Crippen LogP contribution in [0.1, 0.15) is 0 Å². The molecule has 0 radical (unpaired) electrons. The van der Waals surface area contributed by atoms with Crippen LogP contribution < -0.4 is 15.4 Å². The molecule has 4 aromatic rings. The van der Waals surface area contributed by atoms with E-state index in [-0.39, 0.29) is 5.91 Å². The highest BCUT2D eigenvalue weighted by atomic mass is 16.5. The predicted molar refractivity (Wildman–Crippen MR) is 123 cm³/mol. The highest BCUT2D eigenvalue weighted by Gasteiger charge is 2.11. The summed E-state index contributed by atoms with van der Waals surface area (Å²) in [4.78, 5) is 24.1. The molecule has 156 valence electrons. The van der Waals surface area contributed by atoms with Gasteiger partial charge in [-0.1, -0.05) is 18.2 Å². The number of nitrogens with one attached hydrogen (secondary N) is 3. The van der Waals surface area contributed by atoms with Crippen molar-refractivity contribution in [3.05, 3.63) is 73.2 Å². The van der Waals surface area contributed by atoms with Crippen LogP contribution in [0.5, 0.6) is 5.88 Å². The van der Waals surface area contributed by atoms with E-state index in [4.69, 9.17) is 4.74 Å². The van der Waals surface area contributed by atoms with Gasteiger partial charge < -0.3 is 20.4 Å². The summed E-state index contributed by atoms with van der Waals surface area (Å²) in [5.74, 6) is 0.392. The fourth-order valence-corrected chi connectivity index (χ4v) is 3.33. The summed E-state index contributed by atoms with van der Waals surface area (Å²) < 4.78 is 5.25. The van der Waals surface area contributed by atoms with Crippen molar-refractivity contribution in [3.8, 4) is 28.1 Å². The van der Waals surface area contributed by atoms with Crippen LogP contribution in [0.3, 0.4) is 0 Å². The quantitative estimate of drug-likeness (QED) is 0.398. The minimum atomic E-state index is -0.166. The number of aromatic amines is 1. The van der Waals surface area contributed by atoms with Crippen LogP contribution in [-0.4, -0.2) is 41.6 Å². The normalized spacial score (nSPS) is 11.2. The molecule has 0 bridgehead atoms. The molecule has 4 rings (SSSR count). The molecular formula is C24H23N5O2. The van der Waals surface area contributed by atoms with Crippen LogP contribution in [0.2, 0.25) is 0 Å². The van der Waals surface area contributed by atoms with Crippen LogP contribution in [0.4, 0.5) is 5.69 Å². The van der Waals surface area contributed by atoms with E-state index < -0.39 is 0 Å². The zero-order valence-electron chi connectivity index (χ0n) is 17.3. The van der Waals surface area contributed by atoms with E-state index in [1.807, 2.05) is 55.8 Å². The number of rotatable bonds is 7. The summed E-state index contributed by atoms with van der Waals surface area (Å²) in [5, 5.41) is 6.85. The molecule has 3 heterocycles. The average molecular weight is 413 g/mol. The minimum Gasteiger partial charge on any atom is -0.481 e. The number of aromatic nitrogens is 3. The lowest BCUT2D eigenvalue weighted by atomic mass is 10.0. The molecule has 0 aliphatic rings. The number of H-pyrrole nitrogens is 1. The lowest BCUT2D eigenvalue weighted by molar-refractivity contribution is -0.111. The van der Waals surface area contributed by atoms with Crippen molar-refractivity contribution >= 4 is 22.6 Å². The Morgan fingerprint density at radius 2 is 2.03 bits per heavy atom. The van der Waals surface area contributed by atoms with Gasteiger partial charge in [0.2, 0.25) is 11.8 Å². The van der Waals surface area contributed by atoms with Crippen LogP contribution in [0, 0.1) is 0 Å². The molecule has 0 unspecified atom stereocenters. The number of hydrogen-bond donors (Lipinski definition) is 3. The topological polar surface area (TPSA) is 91.9 Å². The fraction of sp³-hybridized carbons (Fsp3) is 0.125. The first kappa shape index (κ1) is 20.3. The third-order valence-electron chi connectivity index (χ3n) is 4.84. The maximum absolute atomic E-state index is 12.1. The average Bonchev–Trinajstić information content (AvgIpc) is 3.23. The summed E-state index contributed by atoms with van der Waals surface area (Å²) >= 11 is 0. The van der Waals surface area contributed by atoms with E-state index >= 15 is 0 Å². The molecule has 3 aromatic heterocycles. The van der Waals surface area contributed by atoms with E-state index in [0.29, 0.717) is 12.4 Å². The number of benzene rings is 1. The molecule has 0 saturated heterocycles. The number of ether oxygens (including phenoxy) is 1. The fourth-order valence-electron chi connectivity index (χ4n) is 3.33. The Morgan fingerprint density at radius 1 is 1.13 bits per heavy atom. The van der Waals surface area contributed by atoms with Crippen molar-refractivity contribution in [2.45, 2.75) is 0 Å². The second-order valence-electron chi connectivity index (χ2n) is 6.94. The monoisotopic (exact) mass is 413 g/mol. The lowest BCUT2D eigenvalue weighted by Gasteiger charge is -2.07. The maximum atomic E-state index is 12.1. The van der Waals surface area contributed by atoms with Crippen molar-refractivity contribution in [3.63, 3.8) is 0 Å². The largest absolute Gasteiger partial charge is 0.481 e. The number of carbonyl (C=O) groups excluding carboxylic acids is 1. The Morgan fingerprint density at radius 3 is 2.87 bits per heavy atom. The van der Waals surface area contributed by atoms with E-state index in [0.717, 1.165) is 39.0 Å². The minimum absolute atomic E-state index is 0.166. The zero-order chi connectivity index (χ0) is 21.6. The molecule has 3 N–H and O–H groups in total. The van der Waals surface area contributed by atoms with Crippen molar-refractivity contribution in [1.82, 2.24) is 20.3 Å². The second-order valence-corrected chi connectivity index (χ2v) is 6.94. The first-order valence-electron chi connectivity index (χ1n) is 9.88. The molecule has 7 heteroatoms. The highest BCUT2D eigenvalue weighted by Crippen LogP contribution is 2.32. The number of methoxy groups -OCH3 is 1. The van der Waals surface area contributed by atoms with Crippen molar-refractivity contribution in [2.24, 2.45) is 0 Å². The predicted octanol–water partition coefficient (Wildman–Crippen LogP) is 4.01. The van der Waals surface area contributed by atoms with Gasteiger partial charge in [-0.2, -0.15) is 0 Å². The molecule has 0 aliphatic heterocycles. The summed E-state index contributed by atoms with van der Waals surface area (Å²) in [6, 6.07) is 13.6. The summed E-state index contributed by atoms with van der Waals surface area (Å²) in [5.41, 5.74) is 5.45. The van der Waals surface area contributed by atoms with Gasteiger partial charge in [0.25, 0.3) is 0 Å². The van der Waals surface area contributed by atoms with Gasteiger partial charge in [-0.25, -0.2) is 9.97 Å². The number of carbonyl (C=O) groups is 1. The van der Waals surface area contributed by atoms with Crippen LogP contribution in [0.15, 0.2) is 73.2 Å². The van der Waals surface area contributed by atoms with Crippen molar-refractivity contribution in [1.29, 1.82) is 0 Å². The Hall–Kier alpha value is -3.97. The van der Waals surface area contributed by atoms with E-state index in [9.17, 15) is 4.79 Å². The molecule has 0 fully saturated rings. The van der Waals surface area contributed by atoms with Gasteiger partial charge in [0.05, 0.1) is 7.11 Å². The van der Waals surface area contributed by atoms with Gasteiger partial charge in [0.15, 0.2) is 0 Å². The standard InChI is InChI=1S/C24H23N5O2/c1-25-9-4-7-22(30)29-19-6-3-5-16(11-19)18-12-20-21(15-28-24(20)27-14-18)17-8-10-26-23(13-17)31-2/h3-8,10-15,25H,9H2,1-2H3,(H,27,28)(H,29,30). The number of likely N-dealkylation sites (N-methyl/N-ethyl adjacent to an activating group) is 1. The van der Waals surface area contributed by atoms with Crippen LogP contribution >= 0.6 is 0 Å². The first-order chi connectivity index (χ1) is 15.2. The molecule has 1 aromatic carbocycles. The molecular weight excluding hydrogens is 390 g/mol. The van der Waals surface area contributed by atoms with Gasteiger partial charge in [-0.05, 0) is 42.4 Å². The Kier molecular flexibility index (Phi) is 6.05. The number of nitrogens with zero attached hydrogens (tertiary/aromatic N) is 2. The van der Waals surface area contributed by atoms with Gasteiger partial charge >= 0.3 is 0 Å². The molecule has 7 nitrogen and oxygen atoms in total. The van der Waals surface area contributed by atoms with Gasteiger partial charge in [-0.15, -0.1) is 0 Å². The second kappa shape index (κ2) is 9.23. The van der Waals surface area contributed by atoms with Crippen molar-refractivity contribution < 1.29 is 9.53 Å². The van der Waals surface area contributed by atoms with Crippen molar-refractivity contribution in [2.75, 3.05) is 26.0 Å².